The van der Waals surface area contributed by atoms with Crippen LogP contribution in [0.15, 0.2) is 35.2 Å². The van der Waals surface area contributed by atoms with Crippen molar-refractivity contribution in [3.05, 3.63) is 30.3 Å². The van der Waals surface area contributed by atoms with E-state index in [0.29, 0.717) is 10.8 Å². The molecule has 0 amide bonds. The Morgan fingerprint density at radius 1 is 1.18 bits per heavy atom. The second-order valence-corrected chi connectivity index (χ2v) is 4.96. The van der Waals surface area contributed by atoms with E-state index in [1.54, 1.807) is 25.2 Å². The Bertz CT molecular complexity index is 679. The molecular weight excluding hydrogens is 242 g/mol. The average Bonchev–Trinajstić information content (AvgIpc) is 2.27. The standard InChI is InChI=1S/C11H11NO4S/c1-12-8-3-4-9-7(6-8)2-5-10(11(9)13)17(14,15)16/h2-6,12-13H,1H3,(H,14,15,16). The number of phenolic OH excluding ortho intramolecular Hbond substituents is 1. The molecule has 0 saturated heterocycles. The molecule has 0 fully saturated rings. The van der Waals surface area contributed by atoms with Crippen molar-refractivity contribution < 1.29 is 18.1 Å². The summed E-state index contributed by atoms with van der Waals surface area (Å²) in [6, 6.07) is 7.76. The molecule has 0 aliphatic heterocycles. The van der Waals surface area contributed by atoms with Crippen molar-refractivity contribution in [2.45, 2.75) is 4.90 Å². The first-order valence-corrected chi connectivity index (χ1v) is 6.28. The van der Waals surface area contributed by atoms with Gasteiger partial charge in [0, 0.05) is 18.1 Å². The lowest BCUT2D eigenvalue weighted by atomic mass is 10.1. The number of phenols is 1. The second-order valence-electron chi connectivity index (χ2n) is 3.57. The van der Waals surface area contributed by atoms with Crippen LogP contribution in [0.2, 0.25) is 0 Å². The van der Waals surface area contributed by atoms with Gasteiger partial charge in [-0.25, -0.2) is 0 Å². The summed E-state index contributed by atoms with van der Waals surface area (Å²) in [5.74, 6) is -0.437. The summed E-state index contributed by atoms with van der Waals surface area (Å²) in [6.07, 6.45) is 0. The fourth-order valence-electron chi connectivity index (χ4n) is 1.66. The molecule has 2 aromatic rings. The summed E-state index contributed by atoms with van der Waals surface area (Å²) in [5, 5.41) is 13.8. The molecule has 90 valence electrons. The first kappa shape index (κ1) is 11.7. The van der Waals surface area contributed by atoms with E-state index in [2.05, 4.69) is 5.32 Å². The van der Waals surface area contributed by atoms with Gasteiger partial charge in [-0.1, -0.05) is 6.07 Å². The van der Waals surface area contributed by atoms with Gasteiger partial charge in [-0.15, -0.1) is 0 Å². The molecule has 0 spiro atoms. The van der Waals surface area contributed by atoms with Gasteiger partial charge in [-0.2, -0.15) is 8.42 Å². The van der Waals surface area contributed by atoms with Gasteiger partial charge in [0.15, 0.2) is 0 Å². The lowest BCUT2D eigenvalue weighted by Gasteiger charge is -2.07. The Kier molecular flexibility index (Phi) is 2.68. The highest BCUT2D eigenvalue weighted by Crippen LogP contribution is 2.32. The second kappa shape index (κ2) is 3.90. The van der Waals surface area contributed by atoms with Gasteiger partial charge in [-0.3, -0.25) is 4.55 Å². The minimum atomic E-state index is -4.41. The van der Waals surface area contributed by atoms with Gasteiger partial charge in [0.05, 0.1) is 0 Å². The van der Waals surface area contributed by atoms with Crippen molar-refractivity contribution >= 4 is 26.6 Å². The molecule has 0 saturated carbocycles. The zero-order valence-electron chi connectivity index (χ0n) is 9.01. The maximum atomic E-state index is 11.0. The summed E-state index contributed by atoms with van der Waals surface area (Å²) in [5.41, 5.74) is 0.844. The first-order valence-electron chi connectivity index (χ1n) is 4.84. The molecule has 6 heteroatoms. The molecule has 3 N–H and O–H groups in total. The molecule has 0 heterocycles. The van der Waals surface area contributed by atoms with E-state index in [1.165, 1.54) is 12.1 Å². The van der Waals surface area contributed by atoms with Crippen LogP contribution in [-0.2, 0) is 10.1 Å². The topological polar surface area (TPSA) is 86.6 Å². The summed E-state index contributed by atoms with van der Waals surface area (Å²) in [6.45, 7) is 0. The zero-order chi connectivity index (χ0) is 12.6. The third-order valence-corrected chi connectivity index (χ3v) is 3.41. The number of fused-ring (bicyclic) bond motifs is 1. The van der Waals surface area contributed by atoms with Crippen molar-refractivity contribution in [2.24, 2.45) is 0 Å². The molecule has 0 atom stereocenters. The number of anilines is 1. The quantitative estimate of drug-likeness (QED) is 0.711. The van der Waals surface area contributed by atoms with Crippen molar-refractivity contribution in [1.29, 1.82) is 0 Å². The Balaban J connectivity index is 2.78. The predicted octanol–water partition coefficient (Wildman–Crippen LogP) is 1.83. The normalized spacial score (nSPS) is 11.6. The first-order chi connectivity index (χ1) is 7.93. The van der Waals surface area contributed by atoms with Crippen LogP contribution >= 0.6 is 0 Å². The number of benzene rings is 2. The number of hydrogen-bond acceptors (Lipinski definition) is 4. The van der Waals surface area contributed by atoms with Gasteiger partial charge in [0.1, 0.15) is 10.6 Å². The van der Waals surface area contributed by atoms with Crippen LogP contribution in [0, 0.1) is 0 Å². The Morgan fingerprint density at radius 2 is 1.88 bits per heavy atom. The fourth-order valence-corrected chi connectivity index (χ4v) is 2.25. The Hall–Kier alpha value is -1.79. The number of aromatic hydroxyl groups is 1. The molecular formula is C11H11NO4S. The van der Waals surface area contributed by atoms with Gasteiger partial charge >= 0.3 is 0 Å². The van der Waals surface area contributed by atoms with Crippen LogP contribution in [0.4, 0.5) is 5.69 Å². The summed E-state index contributed by atoms with van der Waals surface area (Å²) in [4.78, 5) is -0.484. The van der Waals surface area contributed by atoms with E-state index in [1.807, 2.05) is 0 Å². The zero-order valence-corrected chi connectivity index (χ0v) is 9.82. The van der Waals surface area contributed by atoms with Gasteiger partial charge in [0.25, 0.3) is 10.1 Å². The van der Waals surface area contributed by atoms with Crippen LogP contribution in [-0.4, -0.2) is 25.1 Å². The molecule has 17 heavy (non-hydrogen) atoms. The number of rotatable bonds is 2. The van der Waals surface area contributed by atoms with Crippen molar-refractivity contribution in [3.63, 3.8) is 0 Å². The largest absolute Gasteiger partial charge is 0.506 e. The third kappa shape index (κ3) is 2.04. The van der Waals surface area contributed by atoms with Gasteiger partial charge in [-0.05, 0) is 29.7 Å². The SMILES string of the molecule is CNc1ccc2c(O)c(S(=O)(=O)O)ccc2c1. The molecule has 2 rings (SSSR count). The maximum Gasteiger partial charge on any atom is 0.298 e. The minimum absolute atomic E-state index is 0.374. The van der Waals surface area contributed by atoms with E-state index in [0.717, 1.165) is 5.69 Å². The van der Waals surface area contributed by atoms with Crippen LogP contribution < -0.4 is 5.32 Å². The van der Waals surface area contributed by atoms with E-state index in [9.17, 15) is 13.5 Å². The van der Waals surface area contributed by atoms with Crippen molar-refractivity contribution in [3.8, 4) is 5.75 Å². The molecule has 0 aromatic heterocycles. The lowest BCUT2D eigenvalue weighted by Crippen LogP contribution is -1.98. The van der Waals surface area contributed by atoms with Crippen LogP contribution in [0.1, 0.15) is 0 Å². The van der Waals surface area contributed by atoms with Crippen LogP contribution in [0.25, 0.3) is 10.8 Å². The monoisotopic (exact) mass is 253 g/mol. The highest BCUT2D eigenvalue weighted by molar-refractivity contribution is 7.86. The molecule has 0 bridgehead atoms. The summed E-state index contributed by atoms with van der Waals surface area (Å²) < 4.78 is 30.9. The van der Waals surface area contributed by atoms with Gasteiger partial charge in [0.2, 0.25) is 0 Å². The number of nitrogens with one attached hydrogen (secondary N) is 1. The summed E-state index contributed by atoms with van der Waals surface area (Å²) >= 11 is 0. The van der Waals surface area contributed by atoms with Crippen LogP contribution in [0.3, 0.4) is 0 Å². The fraction of sp³-hybridized carbons (Fsp3) is 0.0909. The van der Waals surface area contributed by atoms with E-state index in [-0.39, 0.29) is 0 Å². The molecule has 0 radical (unpaired) electrons. The molecule has 0 aliphatic carbocycles. The highest BCUT2D eigenvalue weighted by Gasteiger charge is 2.17. The molecule has 2 aromatic carbocycles. The Morgan fingerprint density at radius 3 is 2.47 bits per heavy atom. The molecule has 0 aliphatic rings. The minimum Gasteiger partial charge on any atom is -0.506 e. The van der Waals surface area contributed by atoms with Crippen LogP contribution in [0.5, 0.6) is 5.75 Å². The maximum absolute atomic E-state index is 11.0. The molecule has 0 unspecified atom stereocenters. The van der Waals surface area contributed by atoms with Gasteiger partial charge < -0.3 is 10.4 Å². The van der Waals surface area contributed by atoms with E-state index < -0.39 is 20.8 Å². The average molecular weight is 253 g/mol. The van der Waals surface area contributed by atoms with E-state index in [4.69, 9.17) is 4.55 Å². The number of hydrogen-bond donors (Lipinski definition) is 3. The predicted molar refractivity (Wildman–Crippen MR) is 65.0 cm³/mol. The smallest absolute Gasteiger partial charge is 0.298 e. The lowest BCUT2D eigenvalue weighted by molar-refractivity contribution is 0.448. The Labute approximate surface area is 98.5 Å². The van der Waals surface area contributed by atoms with E-state index >= 15 is 0 Å². The highest BCUT2D eigenvalue weighted by atomic mass is 32.2. The van der Waals surface area contributed by atoms with Crippen molar-refractivity contribution in [1.82, 2.24) is 0 Å². The third-order valence-electron chi connectivity index (χ3n) is 2.52. The molecule has 5 nitrogen and oxygen atoms in total. The van der Waals surface area contributed by atoms with Crippen molar-refractivity contribution in [2.75, 3.05) is 12.4 Å². The summed E-state index contributed by atoms with van der Waals surface area (Å²) in [7, 11) is -2.65.